The third-order valence-corrected chi connectivity index (χ3v) is 3.61. The molecule has 0 amide bonds. The van der Waals surface area contributed by atoms with Crippen LogP contribution in [-0.4, -0.2) is 10.1 Å². The molecule has 3 aromatic rings. The maximum atomic E-state index is 10.2. The second kappa shape index (κ2) is 7.56. The summed E-state index contributed by atoms with van der Waals surface area (Å²) in [5.74, 6) is 1.62. The van der Waals surface area contributed by atoms with Crippen molar-refractivity contribution in [2.45, 2.75) is 18.9 Å². The van der Waals surface area contributed by atoms with E-state index in [-0.39, 0.29) is 0 Å². The number of para-hydroxylation sites is 1. The molecular formula is C20H19NO2. The normalized spacial score (nSPS) is 11.9. The molecule has 3 rings (SSSR count). The van der Waals surface area contributed by atoms with Gasteiger partial charge in [0.05, 0.1) is 11.8 Å². The number of aryl methyl sites for hydroxylation is 1. The van der Waals surface area contributed by atoms with Gasteiger partial charge in [0.15, 0.2) is 0 Å². The van der Waals surface area contributed by atoms with Crippen molar-refractivity contribution < 1.29 is 9.84 Å². The van der Waals surface area contributed by atoms with E-state index in [4.69, 9.17) is 4.74 Å². The Morgan fingerprint density at radius 2 is 1.65 bits per heavy atom. The number of benzene rings is 2. The minimum absolute atomic E-state index is 0.546. The van der Waals surface area contributed by atoms with Gasteiger partial charge >= 0.3 is 0 Å². The van der Waals surface area contributed by atoms with Gasteiger partial charge in [0.2, 0.25) is 0 Å². The van der Waals surface area contributed by atoms with E-state index in [0.717, 1.165) is 23.5 Å². The zero-order valence-electron chi connectivity index (χ0n) is 12.8. The first-order valence-electron chi connectivity index (χ1n) is 7.72. The largest absolute Gasteiger partial charge is 0.457 e. The fourth-order valence-electron chi connectivity index (χ4n) is 2.41. The fourth-order valence-corrected chi connectivity index (χ4v) is 2.41. The van der Waals surface area contributed by atoms with Gasteiger partial charge in [-0.3, -0.25) is 4.98 Å². The lowest BCUT2D eigenvalue weighted by Crippen LogP contribution is -2.01. The van der Waals surface area contributed by atoms with E-state index in [1.54, 1.807) is 6.20 Å². The van der Waals surface area contributed by atoms with Crippen molar-refractivity contribution in [1.29, 1.82) is 0 Å². The molecule has 1 unspecified atom stereocenters. The molecule has 0 bridgehead atoms. The predicted molar refractivity (Wildman–Crippen MR) is 90.5 cm³/mol. The van der Waals surface area contributed by atoms with Gasteiger partial charge in [-0.05, 0) is 54.8 Å². The van der Waals surface area contributed by atoms with E-state index in [9.17, 15) is 5.11 Å². The van der Waals surface area contributed by atoms with Gasteiger partial charge in [0.25, 0.3) is 0 Å². The predicted octanol–water partition coefficient (Wildman–Crippen LogP) is 4.54. The first kappa shape index (κ1) is 15.3. The van der Waals surface area contributed by atoms with Crippen LogP contribution in [0, 0.1) is 0 Å². The smallest absolute Gasteiger partial charge is 0.127 e. The Bertz CT molecular complexity index is 729. The summed E-state index contributed by atoms with van der Waals surface area (Å²) in [4.78, 5) is 4.19. The summed E-state index contributed by atoms with van der Waals surface area (Å²) in [5.41, 5.74) is 1.85. The van der Waals surface area contributed by atoms with Crippen molar-refractivity contribution in [3.05, 3.63) is 90.3 Å². The second-order valence-electron chi connectivity index (χ2n) is 5.37. The lowest BCUT2D eigenvalue weighted by molar-refractivity contribution is 0.163. The van der Waals surface area contributed by atoms with Gasteiger partial charge in [-0.25, -0.2) is 0 Å². The van der Waals surface area contributed by atoms with Gasteiger partial charge < -0.3 is 9.84 Å². The molecule has 3 heteroatoms. The molecule has 2 aromatic carbocycles. The van der Waals surface area contributed by atoms with Crippen LogP contribution in [0.3, 0.4) is 0 Å². The molecule has 0 fully saturated rings. The lowest BCUT2D eigenvalue weighted by Gasteiger charge is -2.11. The molecule has 23 heavy (non-hydrogen) atoms. The summed E-state index contributed by atoms with van der Waals surface area (Å²) in [6, 6.07) is 23.3. The molecule has 0 aliphatic rings. The zero-order valence-corrected chi connectivity index (χ0v) is 12.8. The quantitative estimate of drug-likeness (QED) is 0.727. The Labute approximate surface area is 136 Å². The van der Waals surface area contributed by atoms with Crippen molar-refractivity contribution in [1.82, 2.24) is 4.98 Å². The van der Waals surface area contributed by atoms with E-state index in [2.05, 4.69) is 4.98 Å². The number of nitrogens with zero attached hydrogens (tertiary/aromatic N) is 1. The summed E-state index contributed by atoms with van der Waals surface area (Å²) >= 11 is 0. The van der Waals surface area contributed by atoms with E-state index in [1.165, 1.54) is 0 Å². The minimum Gasteiger partial charge on any atom is -0.457 e. The third kappa shape index (κ3) is 4.41. The Hall–Kier alpha value is -2.65. The maximum absolute atomic E-state index is 10.2. The first-order chi connectivity index (χ1) is 11.3. The van der Waals surface area contributed by atoms with Crippen molar-refractivity contribution in [3.63, 3.8) is 0 Å². The van der Waals surface area contributed by atoms with Gasteiger partial charge in [-0.15, -0.1) is 0 Å². The van der Waals surface area contributed by atoms with Crippen LogP contribution >= 0.6 is 0 Å². The number of aromatic nitrogens is 1. The molecule has 3 nitrogen and oxygen atoms in total. The molecule has 0 aliphatic heterocycles. The molecule has 1 atom stereocenters. The molecule has 1 N–H and O–H groups in total. The molecule has 116 valence electrons. The van der Waals surface area contributed by atoms with E-state index < -0.39 is 6.10 Å². The van der Waals surface area contributed by atoms with Crippen LogP contribution in [0.5, 0.6) is 11.5 Å². The SMILES string of the molecule is OC(CCc1cccc(Oc2ccccc2)c1)c1ccccn1. The van der Waals surface area contributed by atoms with Crippen molar-refractivity contribution in [3.8, 4) is 11.5 Å². The highest BCUT2D eigenvalue weighted by molar-refractivity contribution is 5.34. The highest BCUT2D eigenvalue weighted by atomic mass is 16.5. The van der Waals surface area contributed by atoms with E-state index in [0.29, 0.717) is 12.1 Å². The lowest BCUT2D eigenvalue weighted by atomic mass is 10.0. The zero-order chi connectivity index (χ0) is 15.9. The van der Waals surface area contributed by atoms with Crippen molar-refractivity contribution in [2.24, 2.45) is 0 Å². The summed E-state index contributed by atoms with van der Waals surface area (Å²) in [5, 5.41) is 10.2. The van der Waals surface area contributed by atoms with Crippen LogP contribution in [-0.2, 0) is 6.42 Å². The monoisotopic (exact) mass is 305 g/mol. The first-order valence-corrected chi connectivity index (χ1v) is 7.72. The molecule has 0 spiro atoms. The highest BCUT2D eigenvalue weighted by Gasteiger charge is 2.09. The van der Waals surface area contributed by atoms with E-state index >= 15 is 0 Å². The maximum Gasteiger partial charge on any atom is 0.127 e. The molecular weight excluding hydrogens is 286 g/mol. The minimum atomic E-state index is -0.546. The molecule has 1 aromatic heterocycles. The van der Waals surface area contributed by atoms with Gasteiger partial charge in [0.1, 0.15) is 11.5 Å². The topological polar surface area (TPSA) is 42.4 Å². The van der Waals surface area contributed by atoms with Gasteiger partial charge in [-0.2, -0.15) is 0 Å². The molecule has 0 saturated heterocycles. The molecule has 0 aliphatic carbocycles. The van der Waals surface area contributed by atoms with E-state index in [1.807, 2.05) is 72.8 Å². The average Bonchev–Trinajstić information content (AvgIpc) is 2.62. The van der Waals surface area contributed by atoms with Crippen LogP contribution in [0.1, 0.15) is 23.8 Å². The highest BCUT2D eigenvalue weighted by Crippen LogP contribution is 2.23. The Balaban J connectivity index is 1.61. The Morgan fingerprint density at radius 3 is 2.43 bits per heavy atom. The molecule has 0 saturated carbocycles. The number of rotatable bonds is 6. The number of pyridine rings is 1. The van der Waals surface area contributed by atoms with Crippen LogP contribution in [0.25, 0.3) is 0 Å². The number of aliphatic hydroxyl groups excluding tert-OH is 1. The summed E-state index contributed by atoms with van der Waals surface area (Å²) in [6.45, 7) is 0. The molecule has 0 radical (unpaired) electrons. The number of ether oxygens (including phenoxy) is 1. The number of hydrogen-bond donors (Lipinski definition) is 1. The average molecular weight is 305 g/mol. The van der Waals surface area contributed by atoms with Crippen LogP contribution in [0.4, 0.5) is 0 Å². The van der Waals surface area contributed by atoms with Crippen molar-refractivity contribution >= 4 is 0 Å². The van der Waals surface area contributed by atoms with Crippen molar-refractivity contribution in [2.75, 3.05) is 0 Å². The Morgan fingerprint density at radius 1 is 0.870 bits per heavy atom. The number of aliphatic hydroxyl groups is 1. The fraction of sp³-hybridized carbons (Fsp3) is 0.150. The van der Waals surface area contributed by atoms with Crippen LogP contribution in [0.2, 0.25) is 0 Å². The Kier molecular flexibility index (Phi) is 5.02. The second-order valence-corrected chi connectivity index (χ2v) is 5.37. The summed E-state index contributed by atoms with van der Waals surface area (Å²) in [6.07, 6.45) is 2.55. The summed E-state index contributed by atoms with van der Waals surface area (Å²) in [7, 11) is 0. The summed E-state index contributed by atoms with van der Waals surface area (Å²) < 4.78 is 5.84. The van der Waals surface area contributed by atoms with Gasteiger partial charge in [-0.1, -0.05) is 36.4 Å². The number of hydrogen-bond acceptors (Lipinski definition) is 3. The molecule has 1 heterocycles. The van der Waals surface area contributed by atoms with Gasteiger partial charge in [0, 0.05) is 6.20 Å². The standard InChI is InChI=1S/C20H19NO2/c22-20(19-11-4-5-14-21-19)13-12-16-7-6-10-18(15-16)23-17-8-2-1-3-9-17/h1-11,14-15,20,22H,12-13H2. The van der Waals surface area contributed by atoms with Crippen LogP contribution in [0.15, 0.2) is 79.0 Å². The third-order valence-electron chi connectivity index (χ3n) is 3.61. The van der Waals surface area contributed by atoms with Crippen LogP contribution < -0.4 is 4.74 Å².